The van der Waals surface area contributed by atoms with Crippen LogP contribution in [0.25, 0.3) is 11.5 Å². The zero-order chi connectivity index (χ0) is 21.8. The van der Waals surface area contributed by atoms with Gasteiger partial charge in [-0.05, 0) is 72.7 Å². The molecule has 1 aromatic heterocycles. The van der Waals surface area contributed by atoms with Gasteiger partial charge in [0.05, 0.1) is 19.4 Å². The monoisotopic (exact) mass is 420 g/mol. The Hall–Kier alpha value is -3.28. The van der Waals surface area contributed by atoms with E-state index in [0.29, 0.717) is 18.9 Å². The van der Waals surface area contributed by atoms with E-state index in [2.05, 4.69) is 4.98 Å². The summed E-state index contributed by atoms with van der Waals surface area (Å²) in [6, 6.07) is 13.6. The van der Waals surface area contributed by atoms with Crippen molar-refractivity contribution in [2.24, 2.45) is 0 Å². The van der Waals surface area contributed by atoms with Gasteiger partial charge >= 0.3 is 0 Å². The maximum absolute atomic E-state index is 10.9. The number of carbonyl (C=O) groups excluding carboxylic acids is 1. The van der Waals surface area contributed by atoms with E-state index in [4.69, 9.17) is 13.9 Å². The lowest BCUT2D eigenvalue weighted by molar-refractivity contribution is -0.306. The second kappa shape index (κ2) is 9.25. The maximum Gasteiger partial charge on any atom is 0.226 e. The summed E-state index contributed by atoms with van der Waals surface area (Å²) in [7, 11) is 1.64. The molecule has 1 heterocycles. The fourth-order valence-electron chi connectivity index (χ4n) is 4.16. The van der Waals surface area contributed by atoms with Crippen molar-refractivity contribution in [1.29, 1.82) is 0 Å². The number of carboxylic acids is 1. The van der Waals surface area contributed by atoms with Crippen LogP contribution in [0.5, 0.6) is 11.5 Å². The average molecular weight is 420 g/mol. The first-order valence-electron chi connectivity index (χ1n) is 10.7. The molecule has 0 aliphatic heterocycles. The fraction of sp³-hybridized carbons (Fsp3) is 0.360. The van der Waals surface area contributed by atoms with Crippen molar-refractivity contribution in [1.82, 2.24) is 4.98 Å². The highest BCUT2D eigenvalue weighted by atomic mass is 16.5. The van der Waals surface area contributed by atoms with Crippen LogP contribution >= 0.6 is 0 Å². The molecular formula is C25H26NO5-. The van der Waals surface area contributed by atoms with E-state index in [9.17, 15) is 9.90 Å². The minimum atomic E-state index is -0.994. The number of nitrogens with zero attached hydrogens (tertiary/aromatic N) is 1. The summed E-state index contributed by atoms with van der Waals surface area (Å²) >= 11 is 0. The van der Waals surface area contributed by atoms with E-state index in [-0.39, 0.29) is 12.3 Å². The van der Waals surface area contributed by atoms with Crippen LogP contribution in [0.2, 0.25) is 0 Å². The first kappa shape index (κ1) is 21.0. The van der Waals surface area contributed by atoms with Crippen LogP contribution in [0, 0.1) is 0 Å². The second-order valence-electron chi connectivity index (χ2n) is 7.74. The summed E-state index contributed by atoms with van der Waals surface area (Å²) < 4.78 is 17.1. The number of fused-ring (bicyclic) bond motifs is 1. The van der Waals surface area contributed by atoms with Gasteiger partial charge < -0.3 is 23.8 Å². The summed E-state index contributed by atoms with van der Waals surface area (Å²) in [5, 5.41) is 10.9. The minimum Gasteiger partial charge on any atom is -0.550 e. The van der Waals surface area contributed by atoms with Gasteiger partial charge in [-0.15, -0.1) is 0 Å². The van der Waals surface area contributed by atoms with Crippen LogP contribution in [-0.4, -0.2) is 24.7 Å². The molecule has 31 heavy (non-hydrogen) atoms. The van der Waals surface area contributed by atoms with Crippen molar-refractivity contribution in [2.75, 3.05) is 13.7 Å². The van der Waals surface area contributed by atoms with Gasteiger partial charge in [0.15, 0.2) is 0 Å². The molecule has 3 aromatic rings. The van der Waals surface area contributed by atoms with Crippen molar-refractivity contribution < 1.29 is 23.8 Å². The van der Waals surface area contributed by atoms with Crippen molar-refractivity contribution in [2.45, 2.75) is 44.9 Å². The lowest BCUT2D eigenvalue weighted by Crippen LogP contribution is -2.23. The Morgan fingerprint density at radius 3 is 2.68 bits per heavy atom. The topological polar surface area (TPSA) is 84.6 Å². The predicted molar refractivity (Wildman–Crippen MR) is 114 cm³/mol. The summed E-state index contributed by atoms with van der Waals surface area (Å²) in [5.41, 5.74) is 4.09. The Kier molecular flexibility index (Phi) is 6.26. The molecule has 6 nitrogen and oxygen atoms in total. The third-order valence-corrected chi connectivity index (χ3v) is 5.77. The molecule has 0 saturated heterocycles. The summed E-state index contributed by atoms with van der Waals surface area (Å²) in [4.78, 5) is 15.6. The summed E-state index contributed by atoms with van der Waals surface area (Å²) in [6.45, 7) is 2.54. The molecular weight excluding hydrogens is 394 g/mol. The smallest absolute Gasteiger partial charge is 0.226 e. The highest BCUT2D eigenvalue weighted by Gasteiger charge is 2.23. The van der Waals surface area contributed by atoms with Gasteiger partial charge in [-0.1, -0.05) is 13.0 Å². The van der Waals surface area contributed by atoms with E-state index in [0.717, 1.165) is 53.3 Å². The number of aromatic nitrogens is 1. The number of benzene rings is 2. The molecule has 0 bridgehead atoms. The number of carboxylic acid groups (broad SMARTS) is 1. The van der Waals surface area contributed by atoms with Crippen LogP contribution in [0.3, 0.4) is 0 Å². The van der Waals surface area contributed by atoms with Gasteiger partial charge in [-0.25, -0.2) is 4.98 Å². The van der Waals surface area contributed by atoms with Crippen molar-refractivity contribution in [3.63, 3.8) is 0 Å². The second-order valence-corrected chi connectivity index (χ2v) is 7.74. The van der Waals surface area contributed by atoms with Crippen molar-refractivity contribution in [3.8, 4) is 23.0 Å². The molecule has 0 N–H and O–H groups in total. The van der Waals surface area contributed by atoms with Crippen LogP contribution in [0.1, 0.15) is 48.3 Å². The average Bonchev–Trinajstić information content (AvgIpc) is 3.37. The molecule has 0 radical (unpaired) electrons. The molecule has 0 unspecified atom stereocenters. The molecule has 2 aromatic carbocycles. The Bertz CT molecular complexity index is 1050. The number of aryl methyl sites for hydroxylation is 2. The number of aliphatic carboxylic acids is 1. The summed E-state index contributed by atoms with van der Waals surface area (Å²) in [6.07, 6.45) is 3.21. The number of oxazole rings is 1. The number of ether oxygens (including phenoxy) is 2. The third kappa shape index (κ3) is 4.74. The molecule has 0 saturated carbocycles. The molecule has 6 heteroatoms. The van der Waals surface area contributed by atoms with E-state index in [1.165, 1.54) is 5.56 Å². The molecule has 0 spiro atoms. The van der Waals surface area contributed by atoms with Gasteiger partial charge in [0.2, 0.25) is 5.89 Å². The number of hydrogen-bond donors (Lipinski definition) is 0. The number of rotatable bonds is 9. The van der Waals surface area contributed by atoms with Crippen LogP contribution < -0.4 is 14.6 Å². The standard InChI is InChI=1S/C25H27NO5/c1-3-23-22(26-25(31-23)16-6-8-19(29-2)9-7-16)12-13-30-20-10-11-21-17(14-20)4-5-18(21)15-24(27)28/h6-11,14,18H,3-5,12-13,15H2,1-2H3,(H,27,28)/p-1/t18-/m0/s1. The number of hydrogen-bond acceptors (Lipinski definition) is 6. The molecule has 0 fully saturated rings. The van der Waals surface area contributed by atoms with Crippen molar-refractivity contribution >= 4 is 5.97 Å². The quantitative estimate of drug-likeness (QED) is 0.525. The Balaban J connectivity index is 1.39. The molecule has 0 amide bonds. The van der Waals surface area contributed by atoms with Gasteiger partial charge in [0, 0.05) is 24.4 Å². The zero-order valence-corrected chi connectivity index (χ0v) is 17.8. The fourth-order valence-corrected chi connectivity index (χ4v) is 4.16. The molecule has 162 valence electrons. The Labute approximate surface area is 181 Å². The Morgan fingerprint density at radius 1 is 1.19 bits per heavy atom. The lowest BCUT2D eigenvalue weighted by atomic mass is 9.98. The van der Waals surface area contributed by atoms with Gasteiger partial charge in [0.25, 0.3) is 0 Å². The highest BCUT2D eigenvalue weighted by Crippen LogP contribution is 2.37. The van der Waals surface area contributed by atoms with E-state index in [1.54, 1.807) is 7.11 Å². The van der Waals surface area contributed by atoms with E-state index in [1.807, 2.05) is 49.4 Å². The van der Waals surface area contributed by atoms with E-state index < -0.39 is 5.97 Å². The van der Waals surface area contributed by atoms with Crippen LogP contribution in [0.4, 0.5) is 0 Å². The van der Waals surface area contributed by atoms with E-state index >= 15 is 0 Å². The summed E-state index contributed by atoms with van der Waals surface area (Å²) in [5.74, 6) is 2.11. The first-order chi connectivity index (χ1) is 15.1. The molecule has 4 rings (SSSR count). The highest BCUT2D eigenvalue weighted by molar-refractivity contribution is 5.66. The predicted octanol–water partition coefficient (Wildman–Crippen LogP) is 3.70. The van der Waals surface area contributed by atoms with Gasteiger partial charge in [0.1, 0.15) is 17.3 Å². The van der Waals surface area contributed by atoms with Gasteiger partial charge in [-0.3, -0.25) is 0 Å². The molecule has 1 aliphatic carbocycles. The SMILES string of the molecule is CCc1oc(-c2ccc(OC)cc2)nc1CCOc1ccc2c(c1)CC[C@H]2CC(=O)[O-]. The lowest BCUT2D eigenvalue weighted by Gasteiger charge is -2.13. The first-order valence-corrected chi connectivity index (χ1v) is 10.7. The zero-order valence-electron chi connectivity index (χ0n) is 17.8. The van der Waals surface area contributed by atoms with Gasteiger partial charge in [-0.2, -0.15) is 0 Å². The van der Waals surface area contributed by atoms with Crippen LogP contribution in [-0.2, 0) is 24.1 Å². The molecule has 1 aliphatic rings. The Morgan fingerprint density at radius 2 is 1.97 bits per heavy atom. The minimum absolute atomic E-state index is 0.0488. The maximum atomic E-state index is 10.9. The van der Waals surface area contributed by atoms with Crippen molar-refractivity contribution in [3.05, 3.63) is 65.0 Å². The number of methoxy groups -OCH3 is 1. The largest absolute Gasteiger partial charge is 0.550 e. The molecule has 1 atom stereocenters. The van der Waals surface area contributed by atoms with Crippen LogP contribution in [0.15, 0.2) is 46.9 Å². The number of carbonyl (C=O) groups is 1. The third-order valence-electron chi connectivity index (χ3n) is 5.77. The normalized spacial score (nSPS) is 15.0.